The zero-order valence-corrected chi connectivity index (χ0v) is 10.3. The third-order valence-electron chi connectivity index (χ3n) is 3.10. The van der Waals surface area contributed by atoms with Crippen LogP contribution in [0.5, 0.6) is 0 Å². The Bertz CT molecular complexity index is 492. The maximum Gasteiger partial charge on any atom is 0.0685 e. The summed E-state index contributed by atoms with van der Waals surface area (Å²) in [4.78, 5) is 0. The molecule has 18 heavy (non-hydrogen) atoms. The van der Waals surface area contributed by atoms with Crippen LogP contribution in [-0.4, -0.2) is 10.2 Å². The fourth-order valence-electron chi connectivity index (χ4n) is 2.01. The predicted octanol–water partition coefficient (Wildman–Crippen LogP) is 2.26. The maximum atomic E-state index is 9.24. The van der Waals surface area contributed by atoms with Gasteiger partial charge in [0.25, 0.3) is 0 Å². The van der Waals surface area contributed by atoms with E-state index in [0.29, 0.717) is 0 Å². The van der Waals surface area contributed by atoms with Crippen LogP contribution in [0.4, 0.5) is 0 Å². The van der Waals surface area contributed by atoms with Crippen LogP contribution in [0.1, 0.15) is 22.3 Å². The number of hydrogen-bond acceptors (Lipinski definition) is 2. The SMILES string of the molecule is OCc1ccc(CCc2cc[c]cc2)cc1CO. The lowest BCUT2D eigenvalue weighted by atomic mass is 10.00. The molecule has 0 amide bonds. The van der Waals surface area contributed by atoms with E-state index in [1.54, 1.807) is 0 Å². The topological polar surface area (TPSA) is 40.5 Å². The molecule has 0 aliphatic heterocycles. The molecule has 0 saturated heterocycles. The molecule has 0 aliphatic rings. The monoisotopic (exact) mass is 241 g/mol. The van der Waals surface area contributed by atoms with Crippen molar-refractivity contribution in [1.29, 1.82) is 0 Å². The van der Waals surface area contributed by atoms with E-state index in [2.05, 4.69) is 18.2 Å². The van der Waals surface area contributed by atoms with E-state index in [-0.39, 0.29) is 13.2 Å². The van der Waals surface area contributed by atoms with Crippen molar-refractivity contribution in [1.82, 2.24) is 0 Å². The van der Waals surface area contributed by atoms with Crippen LogP contribution in [0.25, 0.3) is 0 Å². The van der Waals surface area contributed by atoms with Gasteiger partial charge in [0.2, 0.25) is 0 Å². The van der Waals surface area contributed by atoms with Crippen molar-refractivity contribution in [2.24, 2.45) is 0 Å². The molecule has 0 atom stereocenters. The highest BCUT2D eigenvalue weighted by Gasteiger charge is 2.02. The average Bonchev–Trinajstić information content (AvgIpc) is 2.45. The minimum atomic E-state index is -0.0238. The second-order valence-corrected chi connectivity index (χ2v) is 4.33. The van der Waals surface area contributed by atoms with Gasteiger partial charge in [-0.25, -0.2) is 0 Å². The van der Waals surface area contributed by atoms with Gasteiger partial charge >= 0.3 is 0 Å². The van der Waals surface area contributed by atoms with Crippen LogP contribution in [0.15, 0.2) is 42.5 Å². The smallest absolute Gasteiger partial charge is 0.0685 e. The van der Waals surface area contributed by atoms with E-state index in [1.807, 2.05) is 30.3 Å². The Morgan fingerprint density at radius 1 is 0.778 bits per heavy atom. The van der Waals surface area contributed by atoms with E-state index in [4.69, 9.17) is 5.11 Å². The van der Waals surface area contributed by atoms with E-state index >= 15 is 0 Å². The number of benzene rings is 2. The van der Waals surface area contributed by atoms with Crippen LogP contribution >= 0.6 is 0 Å². The lowest BCUT2D eigenvalue weighted by Crippen LogP contribution is -1.98. The summed E-state index contributed by atoms with van der Waals surface area (Å²) in [5.41, 5.74) is 4.08. The van der Waals surface area contributed by atoms with Gasteiger partial charge in [-0.3, -0.25) is 0 Å². The third-order valence-corrected chi connectivity index (χ3v) is 3.10. The van der Waals surface area contributed by atoms with Crippen LogP contribution in [-0.2, 0) is 26.1 Å². The Morgan fingerprint density at radius 3 is 2.11 bits per heavy atom. The van der Waals surface area contributed by atoms with Crippen LogP contribution in [0.3, 0.4) is 0 Å². The molecule has 0 fully saturated rings. The molecule has 2 nitrogen and oxygen atoms in total. The van der Waals surface area contributed by atoms with E-state index in [0.717, 1.165) is 24.0 Å². The van der Waals surface area contributed by atoms with Crippen molar-refractivity contribution in [3.63, 3.8) is 0 Å². The van der Waals surface area contributed by atoms with E-state index < -0.39 is 0 Å². The second-order valence-electron chi connectivity index (χ2n) is 4.33. The Hall–Kier alpha value is -1.64. The van der Waals surface area contributed by atoms with Gasteiger partial charge in [0.15, 0.2) is 0 Å². The molecule has 1 radical (unpaired) electrons. The Morgan fingerprint density at radius 2 is 1.44 bits per heavy atom. The Labute approximate surface area is 108 Å². The summed E-state index contributed by atoms with van der Waals surface area (Å²) in [5.74, 6) is 0. The molecule has 0 spiro atoms. The highest BCUT2D eigenvalue weighted by molar-refractivity contribution is 5.32. The zero-order valence-electron chi connectivity index (χ0n) is 10.3. The minimum absolute atomic E-state index is 0.0231. The van der Waals surface area contributed by atoms with Crippen LogP contribution < -0.4 is 0 Å². The van der Waals surface area contributed by atoms with E-state index in [1.165, 1.54) is 11.1 Å². The lowest BCUT2D eigenvalue weighted by molar-refractivity contribution is 0.260. The van der Waals surface area contributed by atoms with Crippen molar-refractivity contribution in [3.05, 3.63) is 70.8 Å². The first-order valence-electron chi connectivity index (χ1n) is 6.11. The molecule has 0 bridgehead atoms. The number of hydrogen-bond donors (Lipinski definition) is 2. The van der Waals surface area contributed by atoms with Gasteiger partial charge in [0.1, 0.15) is 0 Å². The number of aliphatic hydroxyl groups excluding tert-OH is 2. The van der Waals surface area contributed by atoms with Gasteiger partial charge in [-0.1, -0.05) is 42.5 Å². The lowest BCUT2D eigenvalue weighted by Gasteiger charge is -2.08. The molecular weight excluding hydrogens is 224 g/mol. The quantitative estimate of drug-likeness (QED) is 0.843. The first-order valence-corrected chi connectivity index (χ1v) is 6.11. The standard InChI is InChI=1S/C16H17O2/c17-11-15-9-8-14(10-16(15)12-18)7-6-13-4-2-1-3-5-13/h2-5,8-10,17-18H,6-7,11-12H2. The fraction of sp³-hybridized carbons (Fsp3) is 0.250. The van der Waals surface area contributed by atoms with Crippen LogP contribution in [0.2, 0.25) is 0 Å². The number of aliphatic hydroxyl groups is 2. The summed E-state index contributed by atoms with van der Waals surface area (Å²) in [6.45, 7) is -0.0469. The summed E-state index contributed by atoms with van der Waals surface area (Å²) in [7, 11) is 0. The van der Waals surface area contributed by atoms with Gasteiger partial charge in [0.05, 0.1) is 13.2 Å². The maximum absolute atomic E-state index is 9.24. The van der Waals surface area contributed by atoms with Gasteiger partial charge in [-0.15, -0.1) is 0 Å². The molecule has 2 rings (SSSR count). The molecule has 2 aromatic carbocycles. The van der Waals surface area contributed by atoms with Crippen molar-refractivity contribution >= 4 is 0 Å². The zero-order chi connectivity index (χ0) is 12.8. The molecule has 0 saturated carbocycles. The minimum Gasteiger partial charge on any atom is -0.392 e. The normalized spacial score (nSPS) is 10.6. The largest absolute Gasteiger partial charge is 0.392 e. The summed E-state index contributed by atoms with van der Waals surface area (Å²) < 4.78 is 0. The van der Waals surface area contributed by atoms with E-state index in [9.17, 15) is 5.11 Å². The first kappa shape index (κ1) is 12.8. The summed E-state index contributed by atoms with van der Waals surface area (Å²) >= 11 is 0. The second kappa shape index (κ2) is 6.34. The summed E-state index contributed by atoms with van der Waals surface area (Å²) in [6, 6.07) is 16.8. The van der Waals surface area contributed by atoms with Gasteiger partial charge in [-0.05, 0) is 41.2 Å². The molecule has 2 heteroatoms. The molecule has 0 unspecified atom stereocenters. The molecule has 0 aromatic heterocycles. The van der Waals surface area contributed by atoms with Crippen molar-refractivity contribution in [2.75, 3.05) is 0 Å². The van der Waals surface area contributed by atoms with Gasteiger partial charge in [0, 0.05) is 0 Å². The number of aryl methyl sites for hydroxylation is 2. The predicted molar refractivity (Wildman–Crippen MR) is 71.0 cm³/mol. The average molecular weight is 241 g/mol. The highest BCUT2D eigenvalue weighted by Crippen LogP contribution is 2.14. The third kappa shape index (κ3) is 3.19. The molecular formula is C16H17O2. The Kier molecular flexibility index (Phi) is 4.51. The molecule has 2 N–H and O–H groups in total. The van der Waals surface area contributed by atoms with Crippen LogP contribution in [0, 0.1) is 6.07 Å². The molecule has 0 aliphatic carbocycles. The summed E-state index contributed by atoms with van der Waals surface area (Å²) in [5, 5.41) is 18.4. The fourth-order valence-corrected chi connectivity index (χ4v) is 2.01. The van der Waals surface area contributed by atoms with Crippen molar-refractivity contribution in [3.8, 4) is 0 Å². The molecule has 93 valence electrons. The number of rotatable bonds is 5. The van der Waals surface area contributed by atoms with Gasteiger partial charge < -0.3 is 10.2 Å². The highest BCUT2D eigenvalue weighted by atomic mass is 16.3. The Balaban J connectivity index is 2.06. The molecule has 2 aromatic rings. The van der Waals surface area contributed by atoms with Gasteiger partial charge in [-0.2, -0.15) is 0 Å². The molecule has 0 heterocycles. The first-order chi connectivity index (χ1) is 8.83. The van der Waals surface area contributed by atoms with Crippen molar-refractivity contribution < 1.29 is 10.2 Å². The summed E-state index contributed by atoms with van der Waals surface area (Å²) in [6.07, 6.45) is 1.90. The van der Waals surface area contributed by atoms with Crippen molar-refractivity contribution in [2.45, 2.75) is 26.1 Å².